The number of carbonyl (C=O) groups excluding carboxylic acids is 2. The van der Waals surface area contributed by atoms with Crippen LogP contribution in [0, 0.1) is 5.92 Å². The second kappa shape index (κ2) is 11.6. The van der Waals surface area contributed by atoms with E-state index in [-0.39, 0.29) is 24.5 Å². The van der Waals surface area contributed by atoms with E-state index < -0.39 is 0 Å². The summed E-state index contributed by atoms with van der Waals surface area (Å²) in [7, 11) is 3.06. The molecule has 174 valence electrons. The topological polar surface area (TPSA) is 77.0 Å². The average molecular weight is 467 g/mol. The number of hydrogen-bond donors (Lipinski definition) is 1. The molecule has 33 heavy (non-hydrogen) atoms. The standard InChI is InChI=1S/C26H30N2O4S/c1-17(2)9-11-21(20-16-33-25-8-6-5-7-19(20)25)27-28-26(30)14-12-22(29)18-10-13-23(31-3)24(15-18)32-4/h5-8,10,13,15-17H,9,11-12,14H2,1-4H3,(H,28,30)/b27-21+. The zero-order valence-corrected chi connectivity index (χ0v) is 20.3. The molecule has 6 nitrogen and oxygen atoms in total. The van der Waals surface area contributed by atoms with Gasteiger partial charge >= 0.3 is 0 Å². The summed E-state index contributed by atoms with van der Waals surface area (Å²) in [5.74, 6) is 1.13. The first-order valence-electron chi connectivity index (χ1n) is 11.0. The van der Waals surface area contributed by atoms with Crippen molar-refractivity contribution in [2.45, 2.75) is 39.5 Å². The minimum Gasteiger partial charge on any atom is -0.493 e. The zero-order chi connectivity index (χ0) is 23.8. The van der Waals surface area contributed by atoms with Crippen LogP contribution in [0.1, 0.15) is 55.5 Å². The monoisotopic (exact) mass is 466 g/mol. The molecule has 0 spiro atoms. The molecule has 1 aromatic heterocycles. The number of fused-ring (bicyclic) bond motifs is 1. The third-order valence-electron chi connectivity index (χ3n) is 5.35. The fourth-order valence-electron chi connectivity index (χ4n) is 3.44. The number of carbonyl (C=O) groups is 2. The summed E-state index contributed by atoms with van der Waals surface area (Å²) in [4.78, 5) is 25.0. The molecule has 0 atom stereocenters. The number of thiophene rings is 1. The Morgan fingerprint density at radius 3 is 2.48 bits per heavy atom. The lowest BCUT2D eigenvalue weighted by atomic mass is 10.0. The van der Waals surface area contributed by atoms with Gasteiger partial charge in [-0.25, -0.2) is 5.43 Å². The van der Waals surface area contributed by atoms with Crippen molar-refractivity contribution in [2.24, 2.45) is 11.0 Å². The van der Waals surface area contributed by atoms with Crippen LogP contribution in [0.15, 0.2) is 52.9 Å². The van der Waals surface area contributed by atoms with Crippen LogP contribution in [0.4, 0.5) is 0 Å². The van der Waals surface area contributed by atoms with Crippen LogP contribution in [0.3, 0.4) is 0 Å². The van der Waals surface area contributed by atoms with E-state index >= 15 is 0 Å². The molecule has 3 aromatic rings. The van der Waals surface area contributed by atoms with Gasteiger partial charge in [-0.3, -0.25) is 9.59 Å². The highest BCUT2D eigenvalue weighted by Crippen LogP contribution is 2.29. The maximum atomic E-state index is 12.6. The van der Waals surface area contributed by atoms with Crippen molar-refractivity contribution in [3.8, 4) is 11.5 Å². The third-order valence-corrected chi connectivity index (χ3v) is 6.31. The molecule has 2 aromatic carbocycles. The lowest BCUT2D eigenvalue weighted by Crippen LogP contribution is -2.21. The summed E-state index contributed by atoms with van der Waals surface area (Å²) in [6, 6.07) is 13.2. The van der Waals surface area contributed by atoms with Gasteiger partial charge in [0.2, 0.25) is 5.91 Å². The van der Waals surface area contributed by atoms with Gasteiger partial charge in [0, 0.05) is 39.4 Å². The van der Waals surface area contributed by atoms with Crippen molar-refractivity contribution in [2.75, 3.05) is 14.2 Å². The van der Waals surface area contributed by atoms with Gasteiger partial charge < -0.3 is 9.47 Å². The van der Waals surface area contributed by atoms with Gasteiger partial charge in [0.25, 0.3) is 0 Å². The molecule has 0 saturated carbocycles. The Balaban J connectivity index is 1.66. The van der Waals surface area contributed by atoms with E-state index in [1.807, 2.05) is 12.1 Å². The number of benzene rings is 2. The normalized spacial score (nSPS) is 11.6. The SMILES string of the molecule is COc1ccc(C(=O)CCC(=O)N/N=C(\CCC(C)C)c2csc3ccccc23)cc1OC. The van der Waals surface area contributed by atoms with Crippen molar-refractivity contribution in [3.63, 3.8) is 0 Å². The Kier molecular flexibility index (Phi) is 8.60. The van der Waals surface area contributed by atoms with Crippen LogP contribution >= 0.6 is 11.3 Å². The Hall–Kier alpha value is -3.19. The van der Waals surface area contributed by atoms with Crippen molar-refractivity contribution >= 4 is 38.8 Å². The van der Waals surface area contributed by atoms with Gasteiger partial charge in [0.1, 0.15) is 0 Å². The molecule has 0 unspecified atom stereocenters. The number of hydrogen-bond acceptors (Lipinski definition) is 6. The summed E-state index contributed by atoms with van der Waals surface area (Å²) in [5, 5.41) is 7.70. The smallest absolute Gasteiger partial charge is 0.240 e. The minimum atomic E-state index is -0.287. The van der Waals surface area contributed by atoms with Crippen molar-refractivity contribution in [3.05, 3.63) is 59.0 Å². The summed E-state index contributed by atoms with van der Waals surface area (Å²) in [6.45, 7) is 4.34. The minimum absolute atomic E-state index is 0.0541. The van der Waals surface area contributed by atoms with E-state index in [1.165, 1.54) is 11.8 Å². The van der Waals surface area contributed by atoms with Crippen molar-refractivity contribution in [1.29, 1.82) is 0 Å². The van der Waals surface area contributed by atoms with E-state index in [0.717, 1.165) is 29.5 Å². The Bertz CT molecular complexity index is 1150. The quantitative estimate of drug-likeness (QED) is 0.219. The molecule has 1 heterocycles. The van der Waals surface area contributed by atoms with Crippen LogP contribution < -0.4 is 14.9 Å². The predicted molar refractivity (Wildman–Crippen MR) is 134 cm³/mol. The molecule has 0 aliphatic rings. The van der Waals surface area contributed by atoms with Gasteiger partial charge in [0.15, 0.2) is 17.3 Å². The van der Waals surface area contributed by atoms with Crippen LogP contribution in [0.25, 0.3) is 10.1 Å². The number of rotatable bonds is 11. The van der Waals surface area contributed by atoms with Crippen LogP contribution in [-0.2, 0) is 4.79 Å². The molecule has 0 fully saturated rings. The van der Waals surface area contributed by atoms with E-state index in [0.29, 0.717) is 23.0 Å². The third kappa shape index (κ3) is 6.42. The predicted octanol–water partition coefficient (Wildman–Crippen LogP) is 5.84. The second-order valence-electron chi connectivity index (χ2n) is 8.16. The van der Waals surface area contributed by atoms with Crippen LogP contribution in [0.2, 0.25) is 0 Å². The molecule has 3 rings (SSSR count). The molecule has 7 heteroatoms. The second-order valence-corrected chi connectivity index (χ2v) is 9.08. The number of Topliss-reactive ketones (excluding diaryl/α,β-unsaturated/α-hetero) is 1. The maximum absolute atomic E-state index is 12.6. The molecule has 0 radical (unpaired) electrons. The van der Waals surface area contributed by atoms with Crippen molar-refractivity contribution in [1.82, 2.24) is 5.43 Å². The Morgan fingerprint density at radius 1 is 1.00 bits per heavy atom. The van der Waals surface area contributed by atoms with Gasteiger partial charge in [-0.1, -0.05) is 32.0 Å². The van der Waals surface area contributed by atoms with E-state index in [2.05, 4.69) is 41.9 Å². The molecular weight excluding hydrogens is 436 g/mol. The summed E-state index contributed by atoms with van der Waals surface area (Å²) in [6.07, 6.45) is 1.87. The highest BCUT2D eigenvalue weighted by Gasteiger charge is 2.14. The number of methoxy groups -OCH3 is 2. The summed E-state index contributed by atoms with van der Waals surface area (Å²) in [5.41, 5.74) is 5.06. The highest BCUT2D eigenvalue weighted by molar-refractivity contribution is 7.17. The number of ether oxygens (including phenoxy) is 2. The average Bonchev–Trinajstić information content (AvgIpc) is 3.26. The van der Waals surface area contributed by atoms with E-state index in [1.54, 1.807) is 36.6 Å². The summed E-state index contributed by atoms with van der Waals surface area (Å²) < 4.78 is 11.6. The number of hydrazone groups is 1. The van der Waals surface area contributed by atoms with E-state index in [9.17, 15) is 9.59 Å². The van der Waals surface area contributed by atoms with Gasteiger partial charge in [0.05, 0.1) is 19.9 Å². The van der Waals surface area contributed by atoms with Gasteiger partial charge in [-0.05, 0) is 43.0 Å². The zero-order valence-electron chi connectivity index (χ0n) is 19.5. The first-order chi connectivity index (χ1) is 15.9. The molecule has 1 amide bonds. The van der Waals surface area contributed by atoms with Gasteiger partial charge in [-0.2, -0.15) is 5.10 Å². The molecule has 0 aliphatic heterocycles. The van der Waals surface area contributed by atoms with Crippen LogP contribution in [0.5, 0.6) is 11.5 Å². The van der Waals surface area contributed by atoms with Crippen LogP contribution in [-0.4, -0.2) is 31.6 Å². The number of nitrogens with zero attached hydrogens (tertiary/aromatic N) is 1. The van der Waals surface area contributed by atoms with Gasteiger partial charge in [-0.15, -0.1) is 11.3 Å². The lowest BCUT2D eigenvalue weighted by molar-refractivity contribution is -0.121. The van der Waals surface area contributed by atoms with Crippen molar-refractivity contribution < 1.29 is 19.1 Å². The Morgan fingerprint density at radius 2 is 1.76 bits per heavy atom. The lowest BCUT2D eigenvalue weighted by Gasteiger charge is -2.10. The first kappa shape index (κ1) is 24.5. The number of amides is 1. The largest absolute Gasteiger partial charge is 0.493 e. The first-order valence-corrected chi connectivity index (χ1v) is 11.9. The molecule has 0 aliphatic carbocycles. The number of nitrogens with one attached hydrogen (secondary N) is 1. The molecule has 0 bridgehead atoms. The fraction of sp³-hybridized carbons (Fsp3) is 0.346. The van der Waals surface area contributed by atoms with E-state index in [4.69, 9.17) is 9.47 Å². The molecule has 0 saturated heterocycles. The number of ketones is 1. The summed E-state index contributed by atoms with van der Waals surface area (Å²) >= 11 is 1.67. The maximum Gasteiger partial charge on any atom is 0.240 e. The highest BCUT2D eigenvalue weighted by atomic mass is 32.1. The molecule has 1 N–H and O–H groups in total. The molecular formula is C26H30N2O4S. The fourth-order valence-corrected chi connectivity index (χ4v) is 4.41. The Labute approximate surface area is 198 Å².